The van der Waals surface area contributed by atoms with Gasteiger partial charge >= 0.3 is 0 Å². The average molecular weight is 200 g/mol. The molecule has 1 aromatic carbocycles. The molecule has 15 heavy (non-hydrogen) atoms. The van der Waals surface area contributed by atoms with Gasteiger partial charge in [-0.1, -0.05) is 37.6 Å². The highest BCUT2D eigenvalue weighted by atomic mass is 14.5. The van der Waals surface area contributed by atoms with E-state index in [1.54, 1.807) is 0 Å². The molecule has 0 radical (unpaired) electrons. The molecule has 0 aliphatic rings. The normalized spacial score (nSPS) is 11.5. The number of benzene rings is 1. The zero-order valence-electron chi connectivity index (χ0n) is 9.20. The lowest BCUT2D eigenvalue weighted by molar-refractivity contribution is 0.753. The molecule has 78 valence electrons. The molecule has 2 heteroatoms. The molecule has 0 amide bonds. The van der Waals surface area contributed by atoms with Crippen molar-refractivity contribution in [2.45, 2.75) is 13.8 Å². The van der Waals surface area contributed by atoms with Crippen LogP contribution >= 0.6 is 0 Å². The van der Waals surface area contributed by atoms with Gasteiger partial charge in [0, 0.05) is 6.54 Å². The van der Waals surface area contributed by atoms with E-state index in [0.29, 0.717) is 18.0 Å². The molecule has 1 rings (SSSR count). The molecule has 2 N–H and O–H groups in total. The van der Waals surface area contributed by atoms with E-state index in [1.807, 2.05) is 24.3 Å². The summed E-state index contributed by atoms with van der Waals surface area (Å²) in [6.45, 7) is 4.84. The van der Waals surface area contributed by atoms with Gasteiger partial charge in [-0.2, -0.15) is 5.26 Å². The van der Waals surface area contributed by atoms with Crippen molar-refractivity contribution in [2.75, 3.05) is 6.54 Å². The van der Waals surface area contributed by atoms with E-state index in [2.05, 4.69) is 26.0 Å². The summed E-state index contributed by atoms with van der Waals surface area (Å²) in [5.41, 5.74) is 8.67. The van der Waals surface area contributed by atoms with Crippen molar-refractivity contribution in [3.63, 3.8) is 0 Å². The fourth-order valence-electron chi connectivity index (χ4n) is 1.33. The Hall–Kier alpha value is -1.59. The van der Waals surface area contributed by atoms with Gasteiger partial charge in [0.1, 0.15) is 0 Å². The van der Waals surface area contributed by atoms with Crippen molar-refractivity contribution >= 4 is 6.08 Å². The van der Waals surface area contributed by atoms with Crippen LogP contribution in [0.1, 0.15) is 25.0 Å². The first kappa shape index (κ1) is 11.5. The van der Waals surface area contributed by atoms with E-state index in [4.69, 9.17) is 11.0 Å². The Bertz CT molecular complexity index is 380. The van der Waals surface area contributed by atoms with Crippen LogP contribution in [0.2, 0.25) is 0 Å². The SMILES string of the molecule is CC(C)C(=Cc1ccc(C#N)cc1)CN. The lowest BCUT2D eigenvalue weighted by Crippen LogP contribution is -2.08. The molecule has 0 atom stereocenters. The third kappa shape index (κ3) is 3.23. The van der Waals surface area contributed by atoms with E-state index in [1.165, 1.54) is 5.57 Å². The van der Waals surface area contributed by atoms with E-state index < -0.39 is 0 Å². The first-order valence-corrected chi connectivity index (χ1v) is 5.08. The summed E-state index contributed by atoms with van der Waals surface area (Å²) >= 11 is 0. The van der Waals surface area contributed by atoms with Crippen LogP contribution in [0.5, 0.6) is 0 Å². The van der Waals surface area contributed by atoms with Crippen molar-refractivity contribution in [1.82, 2.24) is 0 Å². The number of nitrogens with two attached hydrogens (primary N) is 1. The molecule has 0 fully saturated rings. The Morgan fingerprint density at radius 2 is 2.00 bits per heavy atom. The van der Waals surface area contributed by atoms with Crippen molar-refractivity contribution in [2.24, 2.45) is 11.7 Å². The van der Waals surface area contributed by atoms with Crippen LogP contribution in [0, 0.1) is 17.2 Å². The van der Waals surface area contributed by atoms with Crippen LogP contribution < -0.4 is 5.73 Å². The van der Waals surface area contributed by atoms with Gasteiger partial charge in [0.15, 0.2) is 0 Å². The molecule has 0 saturated heterocycles. The second kappa shape index (κ2) is 5.33. The van der Waals surface area contributed by atoms with Gasteiger partial charge in [-0.3, -0.25) is 0 Å². The Labute approximate surface area is 91.0 Å². The summed E-state index contributed by atoms with van der Waals surface area (Å²) in [5.74, 6) is 0.464. The minimum atomic E-state index is 0.464. The smallest absolute Gasteiger partial charge is 0.0991 e. The molecule has 0 saturated carbocycles. The van der Waals surface area contributed by atoms with E-state index in [9.17, 15) is 0 Å². The number of nitrogens with zero attached hydrogens (tertiary/aromatic N) is 1. The summed E-state index contributed by atoms with van der Waals surface area (Å²) in [6.07, 6.45) is 2.09. The summed E-state index contributed by atoms with van der Waals surface area (Å²) in [4.78, 5) is 0. The number of nitriles is 1. The lowest BCUT2D eigenvalue weighted by Gasteiger charge is -2.08. The van der Waals surface area contributed by atoms with Crippen molar-refractivity contribution in [3.8, 4) is 6.07 Å². The minimum absolute atomic E-state index is 0.464. The summed E-state index contributed by atoms with van der Waals surface area (Å²) in [5, 5.41) is 8.66. The van der Waals surface area contributed by atoms with Gasteiger partial charge in [-0.25, -0.2) is 0 Å². The van der Waals surface area contributed by atoms with E-state index >= 15 is 0 Å². The lowest BCUT2D eigenvalue weighted by atomic mass is 10.00. The first-order chi connectivity index (χ1) is 7.17. The highest BCUT2D eigenvalue weighted by Crippen LogP contribution is 2.14. The predicted molar refractivity (Wildman–Crippen MR) is 63.0 cm³/mol. The Morgan fingerprint density at radius 3 is 2.40 bits per heavy atom. The Morgan fingerprint density at radius 1 is 1.40 bits per heavy atom. The maximum absolute atomic E-state index is 8.66. The molecule has 0 spiro atoms. The molecule has 0 unspecified atom stereocenters. The van der Waals surface area contributed by atoms with Crippen LogP contribution in [-0.2, 0) is 0 Å². The molecule has 0 bridgehead atoms. The summed E-state index contributed by atoms with van der Waals surface area (Å²) in [7, 11) is 0. The second-order valence-corrected chi connectivity index (χ2v) is 3.81. The van der Waals surface area contributed by atoms with Gasteiger partial charge in [-0.05, 0) is 23.6 Å². The molecule has 0 heterocycles. The van der Waals surface area contributed by atoms with E-state index in [0.717, 1.165) is 5.56 Å². The molecule has 1 aromatic rings. The summed E-state index contributed by atoms with van der Waals surface area (Å²) < 4.78 is 0. The molecular formula is C13H16N2. The number of rotatable bonds is 3. The first-order valence-electron chi connectivity index (χ1n) is 5.08. The van der Waals surface area contributed by atoms with Crippen molar-refractivity contribution < 1.29 is 0 Å². The van der Waals surface area contributed by atoms with Crippen LogP contribution in [0.3, 0.4) is 0 Å². The topological polar surface area (TPSA) is 49.8 Å². The van der Waals surface area contributed by atoms with Crippen LogP contribution in [0.15, 0.2) is 29.8 Å². The minimum Gasteiger partial charge on any atom is -0.327 e. The third-order valence-corrected chi connectivity index (χ3v) is 2.37. The van der Waals surface area contributed by atoms with Gasteiger partial charge < -0.3 is 5.73 Å². The monoisotopic (exact) mass is 200 g/mol. The van der Waals surface area contributed by atoms with Crippen molar-refractivity contribution in [1.29, 1.82) is 5.26 Å². The second-order valence-electron chi connectivity index (χ2n) is 3.81. The predicted octanol–water partition coefficient (Wildman–Crippen LogP) is 2.56. The van der Waals surface area contributed by atoms with Crippen LogP contribution in [0.4, 0.5) is 0 Å². The van der Waals surface area contributed by atoms with Gasteiger partial charge in [-0.15, -0.1) is 0 Å². The average Bonchev–Trinajstić information content (AvgIpc) is 2.26. The van der Waals surface area contributed by atoms with Crippen LogP contribution in [0.25, 0.3) is 6.08 Å². The quantitative estimate of drug-likeness (QED) is 0.815. The maximum Gasteiger partial charge on any atom is 0.0991 e. The molecule has 0 aliphatic heterocycles. The zero-order valence-corrected chi connectivity index (χ0v) is 9.20. The molecule has 0 aliphatic carbocycles. The summed E-state index contributed by atoms with van der Waals surface area (Å²) in [6, 6.07) is 9.62. The highest BCUT2D eigenvalue weighted by Gasteiger charge is 2.00. The van der Waals surface area contributed by atoms with Crippen molar-refractivity contribution in [3.05, 3.63) is 41.0 Å². The fraction of sp³-hybridized carbons (Fsp3) is 0.308. The number of hydrogen-bond donors (Lipinski definition) is 1. The number of hydrogen-bond acceptors (Lipinski definition) is 2. The Balaban J connectivity index is 2.93. The standard InChI is InChI=1S/C13H16N2/c1-10(2)13(9-15)7-11-3-5-12(8-14)6-4-11/h3-7,10H,9,15H2,1-2H3. The Kier molecular flexibility index (Phi) is 4.08. The largest absolute Gasteiger partial charge is 0.327 e. The maximum atomic E-state index is 8.66. The fourth-order valence-corrected chi connectivity index (χ4v) is 1.33. The highest BCUT2D eigenvalue weighted by molar-refractivity contribution is 5.54. The zero-order chi connectivity index (χ0) is 11.3. The van der Waals surface area contributed by atoms with Gasteiger partial charge in [0.05, 0.1) is 11.6 Å². The van der Waals surface area contributed by atoms with Crippen LogP contribution in [-0.4, -0.2) is 6.54 Å². The van der Waals surface area contributed by atoms with Gasteiger partial charge in [0.25, 0.3) is 0 Å². The molecule has 2 nitrogen and oxygen atoms in total. The van der Waals surface area contributed by atoms with Gasteiger partial charge in [0.2, 0.25) is 0 Å². The molecule has 0 aromatic heterocycles. The molecular weight excluding hydrogens is 184 g/mol. The van der Waals surface area contributed by atoms with E-state index in [-0.39, 0.29) is 0 Å². The third-order valence-electron chi connectivity index (χ3n) is 2.37.